The van der Waals surface area contributed by atoms with E-state index in [1.54, 1.807) is 17.0 Å². The van der Waals surface area contributed by atoms with E-state index in [1.165, 1.54) is 12.1 Å². The third-order valence-corrected chi connectivity index (χ3v) is 5.61. The summed E-state index contributed by atoms with van der Waals surface area (Å²) in [4.78, 5) is 14.8. The Morgan fingerprint density at radius 3 is 2.54 bits per heavy atom. The molecule has 0 aromatic heterocycles. The molecule has 5 heteroatoms. The van der Waals surface area contributed by atoms with Gasteiger partial charge in [-0.15, -0.1) is 0 Å². The van der Waals surface area contributed by atoms with Crippen LogP contribution in [-0.4, -0.2) is 6.09 Å². The average molecular weight is 440 g/mol. The summed E-state index contributed by atoms with van der Waals surface area (Å²) in [7, 11) is 0. The summed E-state index contributed by atoms with van der Waals surface area (Å²) in [5.41, 5.74) is 3.73. The van der Waals surface area contributed by atoms with E-state index >= 15 is 0 Å². The van der Waals surface area contributed by atoms with Crippen molar-refractivity contribution in [3.8, 4) is 0 Å². The number of halogens is 2. The van der Waals surface area contributed by atoms with Gasteiger partial charge in [-0.25, -0.2) is 9.18 Å². The zero-order valence-electron chi connectivity index (χ0n) is 15.1. The minimum absolute atomic E-state index is 0.200. The summed E-state index contributed by atoms with van der Waals surface area (Å²) in [6.07, 6.45) is 1.17. The summed E-state index contributed by atoms with van der Waals surface area (Å²) in [6.45, 7) is 0.200. The monoisotopic (exact) mass is 439 g/mol. The minimum Gasteiger partial charge on any atom is -0.444 e. The van der Waals surface area contributed by atoms with Gasteiger partial charge < -0.3 is 4.74 Å². The van der Waals surface area contributed by atoms with Crippen molar-refractivity contribution in [1.82, 2.24) is 0 Å². The van der Waals surface area contributed by atoms with Crippen LogP contribution in [0.1, 0.15) is 29.2 Å². The molecule has 3 aromatic rings. The van der Waals surface area contributed by atoms with Crippen LogP contribution in [0.4, 0.5) is 14.9 Å². The van der Waals surface area contributed by atoms with E-state index in [4.69, 9.17) is 4.74 Å². The van der Waals surface area contributed by atoms with Gasteiger partial charge in [0.15, 0.2) is 0 Å². The number of fused-ring (bicyclic) bond motifs is 1. The molecular formula is C23H19BrFNO2. The van der Waals surface area contributed by atoms with Crippen LogP contribution < -0.4 is 4.90 Å². The summed E-state index contributed by atoms with van der Waals surface area (Å²) in [5, 5.41) is 0. The number of ether oxygens (including phenoxy) is 1. The van der Waals surface area contributed by atoms with E-state index in [0.717, 1.165) is 39.7 Å². The highest BCUT2D eigenvalue weighted by Crippen LogP contribution is 2.43. The normalized spacial score (nSPS) is 15.8. The fourth-order valence-corrected chi connectivity index (χ4v) is 4.22. The average Bonchev–Trinajstić information content (AvgIpc) is 2.73. The van der Waals surface area contributed by atoms with E-state index in [9.17, 15) is 9.18 Å². The number of aryl methyl sites for hydroxylation is 1. The number of amides is 1. The minimum atomic E-state index is -0.411. The number of nitrogens with zero attached hydrogens (tertiary/aromatic N) is 1. The lowest BCUT2D eigenvalue weighted by atomic mass is 9.91. The topological polar surface area (TPSA) is 29.5 Å². The van der Waals surface area contributed by atoms with Crippen LogP contribution in [0.5, 0.6) is 0 Å². The van der Waals surface area contributed by atoms with Crippen LogP contribution in [0.15, 0.2) is 77.3 Å². The molecule has 0 spiro atoms. The molecule has 0 radical (unpaired) electrons. The van der Waals surface area contributed by atoms with E-state index < -0.39 is 6.09 Å². The lowest BCUT2D eigenvalue weighted by Crippen LogP contribution is -2.39. The van der Waals surface area contributed by atoms with Crippen molar-refractivity contribution in [1.29, 1.82) is 0 Å². The maximum absolute atomic E-state index is 13.4. The highest BCUT2D eigenvalue weighted by atomic mass is 79.9. The Kier molecular flexibility index (Phi) is 5.44. The molecule has 1 amide bonds. The number of para-hydroxylation sites is 1. The van der Waals surface area contributed by atoms with Crippen molar-refractivity contribution in [3.63, 3.8) is 0 Å². The van der Waals surface area contributed by atoms with E-state index in [2.05, 4.69) is 15.9 Å². The van der Waals surface area contributed by atoms with Gasteiger partial charge in [0.2, 0.25) is 0 Å². The van der Waals surface area contributed by atoms with Crippen molar-refractivity contribution in [3.05, 3.63) is 99.8 Å². The van der Waals surface area contributed by atoms with Crippen LogP contribution in [0.3, 0.4) is 0 Å². The molecule has 0 saturated carbocycles. The van der Waals surface area contributed by atoms with Crippen LogP contribution in [0.25, 0.3) is 0 Å². The highest BCUT2D eigenvalue weighted by molar-refractivity contribution is 9.10. The van der Waals surface area contributed by atoms with Gasteiger partial charge in [-0.1, -0.05) is 54.6 Å². The van der Waals surface area contributed by atoms with Gasteiger partial charge in [0.25, 0.3) is 0 Å². The molecule has 1 aliphatic heterocycles. The Balaban J connectivity index is 1.67. The Bertz CT molecular complexity index is 976. The molecule has 1 aliphatic rings. The first-order valence-corrected chi connectivity index (χ1v) is 9.95. The molecule has 1 heterocycles. The second-order valence-electron chi connectivity index (χ2n) is 6.76. The third kappa shape index (κ3) is 3.80. The quantitative estimate of drug-likeness (QED) is 0.471. The van der Waals surface area contributed by atoms with E-state index in [1.807, 2.05) is 48.5 Å². The van der Waals surface area contributed by atoms with Gasteiger partial charge in [-0.2, -0.15) is 0 Å². The second kappa shape index (κ2) is 8.15. The molecule has 142 valence electrons. The largest absolute Gasteiger partial charge is 0.444 e. The van der Waals surface area contributed by atoms with Crippen LogP contribution in [0, 0.1) is 5.82 Å². The molecule has 0 aliphatic carbocycles. The first-order valence-electron chi connectivity index (χ1n) is 9.16. The lowest BCUT2D eigenvalue weighted by Gasteiger charge is -2.37. The molecule has 0 saturated heterocycles. The Hall–Kier alpha value is -2.66. The van der Waals surface area contributed by atoms with Crippen LogP contribution in [-0.2, 0) is 17.8 Å². The summed E-state index contributed by atoms with van der Waals surface area (Å²) in [6, 6.07) is 21.6. The predicted molar refractivity (Wildman–Crippen MR) is 111 cm³/mol. The summed E-state index contributed by atoms with van der Waals surface area (Å²) >= 11 is 3.59. The first-order chi connectivity index (χ1) is 13.6. The van der Waals surface area contributed by atoms with Crippen LogP contribution in [0.2, 0.25) is 0 Å². The molecule has 4 rings (SSSR count). The highest BCUT2D eigenvalue weighted by Gasteiger charge is 2.34. The molecular weight excluding hydrogens is 421 g/mol. The number of hydrogen-bond acceptors (Lipinski definition) is 2. The number of benzene rings is 3. The molecule has 1 unspecified atom stereocenters. The standard InChI is InChI=1S/C23H19BrFNO2/c24-20-8-4-7-18-11-14-21(17-9-12-19(25)13-10-17)26(22(18)20)23(27)28-15-16-5-2-1-3-6-16/h1-10,12-13,21H,11,14-15H2. The molecule has 0 fully saturated rings. The molecule has 1 atom stereocenters. The van der Waals surface area contributed by atoms with Crippen molar-refractivity contribution >= 4 is 27.7 Å². The predicted octanol–water partition coefficient (Wildman–Crippen LogP) is 6.42. The van der Waals surface area contributed by atoms with E-state index in [-0.39, 0.29) is 18.5 Å². The van der Waals surface area contributed by atoms with Gasteiger partial charge in [0, 0.05) is 4.47 Å². The Labute approximate surface area is 171 Å². The van der Waals surface area contributed by atoms with E-state index in [0.29, 0.717) is 0 Å². The Morgan fingerprint density at radius 1 is 1.04 bits per heavy atom. The Morgan fingerprint density at radius 2 is 1.79 bits per heavy atom. The maximum atomic E-state index is 13.4. The lowest BCUT2D eigenvalue weighted by molar-refractivity contribution is 0.143. The number of carbonyl (C=O) groups is 1. The van der Waals surface area contributed by atoms with Gasteiger partial charge in [0.1, 0.15) is 12.4 Å². The van der Waals surface area contributed by atoms with Crippen molar-refractivity contribution < 1.29 is 13.9 Å². The molecule has 3 nitrogen and oxygen atoms in total. The van der Waals surface area contributed by atoms with Crippen molar-refractivity contribution in [2.24, 2.45) is 0 Å². The summed E-state index contributed by atoms with van der Waals surface area (Å²) < 4.78 is 19.9. The van der Waals surface area contributed by atoms with Crippen LogP contribution >= 0.6 is 15.9 Å². The number of rotatable bonds is 3. The number of anilines is 1. The van der Waals surface area contributed by atoms with Gasteiger partial charge >= 0.3 is 6.09 Å². The maximum Gasteiger partial charge on any atom is 0.415 e. The van der Waals surface area contributed by atoms with Crippen molar-refractivity contribution in [2.75, 3.05) is 4.90 Å². The smallest absolute Gasteiger partial charge is 0.415 e. The first kappa shape index (κ1) is 18.7. The van der Waals surface area contributed by atoms with Gasteiger partial charge in [0.05, 0.1) is 11.7 Å². The van der Waals surface area contributed by atoms with Gasteiger partial charge in [-0.3, -0.25) is 4.90 Å². The fourth-order valence-electron chi connectivity index (χ4n) is 3.62. The molecule has 0 bridgehead atoms. The number of hydrogen-bond donors (Lipinski definition) is 0. The summed E-state index contributed by atoms with van der Waals surface area (Å²) in [5.74, 6) is -0.292. The zero-order chi connectivity index (χ0) is 19.5. The SMILES string of the molecule is O=C(OCc1ccccc1)N1c2c(Br)cccc2CCC1c1ccc(F)cc1. The third-order valence-electron chi connectivity index (χ3n) is 4.97. The molecule has 0 N–H and O–H groups in total. The van der Waals surface area contributed by atoms with Crippen molar-refractivity contribution in [2.45, 2.75) is 25.5 Å². The fraction of sp³-hybridized carbons (Fsp3) is 0.174. The molecule has 28 heavy (non-hydrogen) atoms. The number of carbonyl (C=O) groups excluding carboxylic acids is 1. The zero-order valence-corrected chi connectivity index (χ0v) is 16.7. The molecule has 3 aromatic carbocycles. The van der Waals surface area contributed by atoms with Gasteiger partial charge in [-0.05, 0) is 63.7 Å². The second-order valence-corrected chi connectivity index (χ2v) is 7.62.